The fourth-order valence-corrected chi connectivity index (χ4v) is 13.1. The molecule has 0 atom stereocenters. The first-order valence-corrected chi connectivity index (χ1v) is 25.0. The summed E-state index contributed by atoms with van der Waals surface area (Å²) in [6.07, 6.45) is 23.4. The lowest BCUT2D eigenvalue weighted by Crippen LogP contribution is -1.99. The molecule has 0 radical (unpaired) electrons. The zero-order valence-electron chi connectivity index (χ0n) is 33.5. The van der Waals surface area contributed by atoms with Gasteiger partial charge in [-0.05, 0) is 100 Å². The molecule has 3 nitrogen and oxygen atoms in total. The van der Waals surface area contributed by atoms with Gasteiger partial charge >= 0.3 is 0 Å². The molecule has 55 heavy (non-hydrogen) atoms. The molecule has 0 saturated carbocycles. The minimum absolute atomic E-state index is 0.935. The quantitative estimate of drug-likeness (QED) is 0.0678. The molecule has 7 aromatic heterocycles. The van der Waals surface area contributed by atoms with Gasteiger partial charge < -0.3 is 0 Å². The second-order valence-electron chi connectivity index (χ2n) is 15.2. The van der Waals surface area contributed by atoms with Crippen molar-refractivity contribution in [3.8, 4) is 42.2 Å². The van der Waals surface area contributed by atoms with Gasteiger partial charge in [0.25, 0.3) is 0 Å². The first-order valence-electron chi connectivity index (χ1n) is 20.9. The van der Waals surface area contributed by atoms with Gasteiger partial charge in [-0.25, -0.2) is 9.97 Å². The highest BCUT2D eigenvalue weighted by Crippen LogP contribution is 2.45. The third-order valence-electron chi connectivity index (χ3n) is 10.6. The van der Waals surface area contributed by atoms with Crippen molar-refractivity contribution in [1.29, 1.82) is 0 Å². The standard InChI is InChI=1S/C47H57N3S5/c1-6-9-12-15-16-17-20-33-27-31(4)52-47(33)46-45-42(36(30-48-46)39-29-41-40(55-39)28-32(5)51-41)49-43(37-25-23-34(53-37)21-18-13-10-7-2)44(50-45)38-26-24-35(54-38)22-19-14-11-8-3/h23-30H,6-22H2,1-5H3. The Hall–Kier alpha value is -2.75. The van der Waals surface area contributed by atoms with E-state index in [4.69, 9.17) is 15.0 Å². The molecule has 0 aliphatic carbocycles. The molecule has 7 heterocycles. The topological polar surface area (TPSA) is 38.7 Å². The summed E-state index contributed by atoms with van der Waals surface area (Å²) in [5, 5.41) is 0. The van der Waals surface area contributed by atoms with Crippen molar-refractivity contribution in [3.63, 3.8) is 0 Å². The number of nitrogens with zero attached hydrogens (tertiary/aromatic N) is 3. The molecule has 0 N–H and O–H groups in total. The molecule has 8 heteroatoms. The summed E-state index contributed by atoms with van der Waals surface area (Å²) in [6, 6.07) is 16.4. The molecular formula is C47H57N3S5. The van der Waals surface area contributed by atoms with E-state index in [0.29, 0.717) is 0 Å². The highest BCUT2D eigenvalue weighted by molar-refractivity contribution is 7.29. The summed E-state index contributed by atoms with van der Waals surface area (Å²) in [4.78, 5) is 27.3. The second kappa shape index (κ2) is 19.6. The van der Waals surface area contributed by atoms with Gasteiger partial charge in [-0.2, -0.15) is 0 Å². The SMILES string of the molecule is CCCCCCCCc1cc(C)sc1-c1ncc(-c2cc3sc(C)cc3s2)c2nc(-c3ccc(CCCCCC)s3)c(-c3ccc(CCCCCC)s3)nc12. The molecule has 0 aliphatic rings. The van der Waals surface area contributed by atoms with Crippen LogP contribution in [0.25, 0.3) is 62.6 Å². The van der Waals surface area contributed by atoms with E-state index in [-0.39, 0.29) is 0 Å². The summed E-state index contributed by atoms with van der Waals surface area (Å²) >= 11 is 9.43. The lowest BCUT2D eigenvalue weighted by Gasteiger charge is -2.13. The van der Waals surface area contributed by atoms with Crippen LogP contribution in [0.3, 0.4) is 0 Å². The van der Waals surface area contributed by atoms with Gasteiger partial charge in [-0.15, -0.1) is 56.7 Å². The average Bonchev–Trinajstić information content (AvgIpc) is 4.03. The van der Waals surface area contributed by atoms with Crippen LogP contribution in [0, 0.1) is 13.8 Å². The summed E-state index contributed by atoms with van der Waals surface area (Å²) in [7, 11) is 0. The lowest BCUT2D eigenvalue weighted by molar-refractivity contribution is 0.608. The molecule has 0 spiro atoms. The van der Waals surface area contributed by atoms with Gasteiger partial charge in [-0.1, -0.05) is 91.4 Å². The summed E-state index contributed by atoms with van der Waals surface area (Å²) in [6.45, 7) is 11.3. The summed E-state index contributed by atoms with van der Waals surface area (Å²) in [5.41, 5.74) is 7.42. The van der Waals surface area contributed by atoms with Crippen molar-refractivity contribution in [2.75, 3.05) is 0 Å². The van der Waals surface area contributed by atoms with Crippen molar-refractivity contribution >= 4 is 77.1 Å². The molecule has 0 saturated heterocycles. The normalized spacial score (nSPS) is 11.9. The van der Waals surface area contributed by atoms with E-state index in [2.05, 4.69) is 83.3 Å². The third kappa shape index (κ3) is 9.87. The van der Waals surface area contributed by atoms with Crippen molar-refractivity contribution in [2.45, 2.75) is 144 Å². The number of aryl methyl sites for hydroxylation is 5. The van der Waals surface area contributed by atoms with Crippen LogP contribution >= 0.6 is 56.7 Å². The molecule has 0 amide bonds. The van der Waals surface area contributed by atoms with Crippen LogP contribution in [-0.2, 0) is 19.3 Å². The number of aromatic nitrogens is 3. The predicted octanol–water partition coefficient (Wildman–Crippen LogP) is 16.9. The van der Waals surface area contributed by atoms with Gasteiger partial charge in [0.05, 0.1) is 14.6 Å². The fraction of sp³-hybridized carbons (Fsp3) is 0.468. The number of pyridine rings is 1. The van der Waals surface area contributed by atoms with Crippen molar-refractivity contribution in [2.24, 2.45) is 0 Å². The van der Waals surface area contributed by atoms with Gasteiger partial charge in [0, 0.05) is 45.5 Å². The maximum absolute atomic E-state index is 5.75. The molecule has 0 bridgehead atoms. The number of unbranched alkanes of at least 4 members (excludes halogenated alkanes) is 11. The molecular weight excluding hydrogens is 767 g/mol. The molecule has 7 aromatic rings. The van der Waals surface area contributed by atoms with E-state index in [1.54, 1.807) is 0 Å². The maximum Gasteiger partial charge on any atom is 0.117 e. The zero-order chi connectivity index (χ0) is 38.1. The Morgan fingerprint density at radius 1 is 0.473 bits per heavy atom. The van der Waals surface area contributed by atoms with Crippen molar-refractivity contribution in [1.82, 2.24) is 15.0 Å². The molecule has 0 aromatic carbocycles. The Balaban J connectivity index is 1.37. The van der Waals surface area contributed by atoms with E-state index < -0.39 is 0 Å². The number of rotatable bonds is 21. The minimum Gasteiger partial charge on any atom is -0.252 e. The molecule has 0 fully saturated rings. The van der Waals surface area contributed by atoms with E-state index in [1.165, 1.54) is 144 Å². The van der Waals surface area contributed by atoms with Crippen LogP contribution < -0.4 is 0 Å². The molecule has 290 valence electrons. The van der Waals surface area contributed by atoms with E-state index in [0.717, 1.165) is 52.9 Å². The van der Waals surface area contributed by atoms with E-state index in [1.807, 2.05) is 56.7 Å². The number of fused-ring (bicyclic) bond motifs is 2. The fourth-order valence-electron chi connectivity index (χ4n) is 7.60. The van der Waals surface area contributed by atoms with Crippen molar-refractivity contribution < 1.29 is 0 Å². The first kappa shape index (κ1) is 40.4. The summed E-state index contributed by atoms with van der Waals surface area (Å²) in [5.74, 6) is 0. The molecule has 0 unspecified atom stereocenters. The van der Waals surface area contributed by atoms with Gasteiger partial charge in [-0.3, -0.25) is 4.98 Å². The summed E-state index contributed by atoms with van der Waals surface area (Å²) < 4.78 is 2.68. The highest BCUT2D eigenvalue weighted by atomic mass is 32.1. The third-order valence-corrected chi connectivity index (χ3v) is 16.2. The first-order chi connectivity index (χ1) is 26.9. The number of hydrogen-bond acceptors (Lipinski definition) is 8. The van der Waals surface area contributed by atoms with Crippen LogP contribution in [0.15, 0.2) is 48.7 Å². The van der Waals surface area contributed by atoms with Gasteiger partial charge in [0.2, 0.25) is 0 Å². The Kier molecular flexibility index (Phi) is 14.4. The highest BCUT2D eigenvalue weighted by Gasteiger charge is 2.24. The predicted molar refractivity (Wildman–Crippen MR) is 248 cm³/mol. The van der Waals surface area contributed by atoms with E-state index in [9.17, 15) is 0 Å². The molecule has 0 aliphatic heterocycles. The van der Waals surface area contributed by atoms with Crippen LogP contribution in [0.5, 0.6) is 0 Å². The second-order valence-corrected chi connectivity index (χ2v) is 21.2. The monoisotopic (exact) mass is 823 g/mol. The Morgan fingerprint density at radius 2 is 1.02 bits per heavy atom. The van der Waals surface area contributed by atoms with Gasteiger partial charge in [0.15, 0.2) is 0 Å². The van der Waals surface area contributed by atoms with Crippen molar-refractivity contribution in [3.05, 3.63) is 73.7 Å². The molecule has 7 rings (SSSR count). The largest absolute Gasteiger partial charge is 0.252 e. The number of hydrogen-bond donors (Lipinski definition) is 0. The zero-order valence-corrected chi connectivity index (χ0v) is 37.6. The van der Waals surface area contributed by atoms with Crippen LogP contribution in [0.4, 0.5) is 0 Å². The van der Waals surface area contributed by atoms with Crippen LogP contribution in [0.1, 0.15) is 136 Å². The Bertz CT molecular complexity index is 2260. The van der Waals surface area contributed by atoms with E-state index >= 15 is 0 Å². The van der Waals surface area contributed by atoms with Crippen LogP contribution in [0.2, 0.25) is 0 Å². The Morgan fingerprint density at radius 3 is 1.65 bits per heavy atom. The maximum atomic E-state index is 5.75. The smallest absolute Gasteiger partial charge is 0.117 e. The minimum atomic E-state index is 0.935. The Labute approximate surface area is 349 Å². The lowest BCUT2D eigenvalue weighted by atomic mass is 10.0. The van der Waals surface area contributed by atoms with Gasteiger partial charge in [0.1, 0.15) is 28.1 Å². The average molecular weight is 824 g/mol. The van der Waals surface area contributed by atoms with Crippen LogP contribution in [-0.4, -0.2) is 15.0 Å². The number of thiophene rings is 5.